The van der Waals surface area contributed by atoms with E-state index in [0.717, 1.165) is 32.1 Å². The van der Waals surface area contributed by atoms with Gasteiger partial charge >= 0.3 is 6.18 Å². The molecule has 212 valence electrons. The van der Waals surface area contributed by atoms with Crippen LogP contribution < -0.4 is 10.1 Å². The van der Waals surface area contributed by atoms with Gasteiger partial charge in [-0.1, -0.05) is 26.2 Å². The molecule has 1 aromatic rings. The number of fused-ring (bicyclic) bond motifs is 1. The molecule has 0 spiro atoms. The predicted octanol–water partition coefficient (Wildman–Crippen LogP) is 4.49. The molecular formula is C27H38F3N3O5. The Morgan fingerprint density at radius 1 is 1.13 bits per heavy atom. The van der Waals surface area contributed by atoms with E-state index in [9.17, 15) is 27.6 Å². The van der Waals surface area contributed by atoms with Crippen LogP contribution in [0.15, 0.2) is 18.2 Å². The summed E-state index contributed by atoms with van der Waals surface area (Å²) in [6.07, 6.45) is -1.72. The SMILES string of the molecule is CO[C@H]1CN(C)C(=O)c2ccc(NC(=O)CC(F)(F)F)cc2OC[C@H](C)N(C(=O)C2CCCCC2)C[C@@H]1C. The molecule has 1 aliphatic heterocycles. The molecule has 0 saturated heterocycles. The first-order valence-electron chi connectivity index (χ1n) is 13.1. The van der Waals surface area contributed by atoms with Crippen LogP contribution in [-0.2, 0) is 14.3 Å². The first-order chi connectivity index (χ1) is 17.9. The average molecular weight is 542 g/mol. The molecule has 8 nitrogen and oxygen atoms in total. The van der Waals surface area contributed by atoms with Crippen molar-refractivity contribution >= 4 is 23.4 Å². The Bertz CT molecular complexity index is 997. The molecule has 0 aromatic heterocycles. The van der Waals surface area contributed by atoms with Crippen LogP contribution in [0, 0.1) is 11.8 Å². The Hall–Kier alpha value is -2.82. The smallest absolute Gasteiger partial charge is 0.397 e. The zero-order valence-electron chi connectivity index (χ0n) is 22.5. The lowest BCUT2D eigenvalue weighted by Crippen LogP contribution is -2.50. The van der Waals surface area contributed by atoms with Gasteiger partial charge in [-0.05, 0) is 31.9 Å². The van der Waals surface area contributed by atoms with Crippen LogP contribution in [0.3, 0.4) is 0 Å². The van der Waals surface area contributed by atoms with Crippen molar-refractivity contribution in [3.63, 3.8) is 0 Å². The first-order valence-corrected chi connectivity index (χ1v) is 13.1. The number of halogens is 3. The molecule has 38 heavy (non-hydrogen) atoms. The van der Waals surface area contributed by atoms with E-state index in [1.54, 1.807) is 14.2 Å². The summed E-state index contributed by atoms with van der Waals surface area (Å²) in [6, 6.07) is 3.79. The second-order valence-corrected chi connectivity index (χ2v) is 10.5. The molecule has 3 rings (SSSR count). The maximum Gasteiger partial charge on any atom is 0.397 e. The van der Waals surface area contributed by atoms with Gasteiger partial charge in [-0.3, -0.25) is 14.4 Å². The number of anilines is 1. The summed E-state index contributed by atoms with van der Waals surface area (Å²) >= 11 is 0. The number of ether oxygens (including phenoxy) is 2. The molecule has 1 fully saturated rings. The number of likely N-dealkylation sites (N-methyl/N-ethyl adjacent to an activating group) is 1. The third-order valence-electron chi connectivity index (χ3n) is 7.33. The zero-order chi connectivity index (χ0) is 28.0. The fraction of sp³-hybridized carbons (Fsp3) is 0.667. The third kappa shape index (κ3) is 7.85. The molecule has 1 aromatic carbocycles. The summed E-state index contributed by atoms with van der Waals surface area (Å²) in [4.78, 5) is 42.1. The van der Waals surface area contributed by atoms with E-state index in [0.29, 0.717) is 6.54 Å². The normalized spacial score (nSPS) is 24.1. The molecule has 2 aliphatic rings. The lowest BCUT2D eigenvalue weighted by atomic mass is 9.87. The number of nitrogens with one attached hydrogen (secondary N) is 1. The van der Waals surface area contributed by atoms with Crippen molar-refractivity contribution in [1.82, 2.24) is 9.80 Å². The molecule has 11 heteroatoms. The van der Waals surface area contributed by atoms with Crippen LogP contribution in [-0.4, -0.2) is 79.7 Å². The summed E-state index contributed by atoms with van der Waals surface area (Å²) in [5, 5.41) is 2.22. The highest BCUT2D eigenvalue weighted by molar-refractivity contribution is 5.98. The van der Waals surface area contributed by atoms with Gasteiger partial charge in [-0.2, -0.15) is 13.2 Å². The number of carbonyl (C=O) groups excluding carboxylic acids is 3. The quantitative estimate of drug-likeness (QED) is 0.607. The van der Waals surface area contributed by atoms with Crippen molar-refractivity contribution in [2.75, 3.05) is 39.2 Å². The lowest BCUT2D eigenvalue weighted by molar-refractivity contribution is -0.150. The number of carbonyl (C=O) groups is 3. The summed E-state index contributed by atoms with van der Waals surface area (Å²) in [7, 11) is 3.21. The first kappa shape index (κ1) is 29.7. The van der Waals surface area contributed by atoms with Crippen LogP contribution in [0.4, 0.5) is 18.9 Å². The highest BCUT2D eigenvalue weighted by Gasteiger charge is 2.34. The van der Waals surface area contributed by atoms with Crippen LogP contribution in [0.25, 0.3) is 0 Å². The standard InChI is InChI=1S/C27H38F3N3O5/c1-17-14-33(25(35)19-8-6-5-7-9-19)18(2)16-38-22-12-20(31-24(34)13-27(28,29)30)10-11-21(22)26(36)32(3)15-23(17)37-4/h10-12,17-19,23H,5-9,13-16H2,1-4H3,(H,31,34)/t17-,18-,23-/m0/s1. The molecule has 1 N–H and O–H groups in total. The van der Waals surface area contributed by atoms with E-state index in [4.69, 9.17) is 9.47 Å². The van der Waals surface area contributed by atoms with Gasteiger partial charge in [0.05, 0.1) is 17.7 Å². The van der Waals surface area contributed by atoms with Gasteiger partial charge < -0.3 is 24.6 Å². The molecule has 0 bridgehead atoms. The molecule has 1 saturated carbocycles. The van der Waals surface area contributed by atoms with Gasteiger partial charge in [0.2, 0.25) is 11.8 Å². The Morgan fingerprint density at radius 2 is 1.82 bits per heavy atom. The topological polar surface area (TPSA) is 88.2 Å². The summed E-state index contributed by atoms with van der Waals surface area (Å²) in [5.41, 5.74) is 0.272. The minimum atomic E-state index is -4.64. The van der Waals surface area contributed by atoms with E-state index in [1.165, 1.54) is 23.1 Å². The van der Waals surface area contributed by atoms with Crippen LogP contribution in [0.2, 0.25) is 0 Å². The Labute approximate surface area is 221 Å². The third-order valence-corrected chi connectivity index (χ3v) is 7.33. The fourth-order valence-electron chi connectivity index (χ4n) is 5.13. The van der Waals surface area contributed by atoms with Gasteiger partial charge in [-0.15, -0.1) is 0 Å². The number of alkyl halides is 3. The van der Waals surface area contributed by atoms with Gasteiger partial charge in [-0.25, -0.2) is 0 Å². The van der Waals surface area contributed by atoms with Crippen molar-refractivity contribution in [2.24, 2.45) is 11.8 Å². The lowest BCUT2D eigenvalue weighted by Gasteiger charge is -2.38. The highest BCUT2D eigenvalue weighted by atomic mass is 19.4. The van der Waals surface area contributed by atoms with Crippen molar-refractivity contribution in [1.29, 1.82) is 0 Å². The van der Waals surface area contributed by atoms with E-state index in [1.807, 2.05) is 18.7 Å². The number of hydrogen-bond donors (Lipinski definition) is 1. The molecule has 1 aliphatic carbocycles. The number of nitrogens with zero attached hydrogens (tertiary/aromatic N) is 2. The zero-order valence-corrected chi connectivity index (χ0v) is 22.5. The summed E-state index contributed by atoms with van der Waals surface area (Å²) < 4.78 is 49.6. The van der Waals surface area contributed by atoms with Gasteiger partial charge in [0, 0.05) is 50.8 Å². The van der Waals surface area contributed by atoms with Crippen LogP contribution in [0.5, 0.6) is 5.75 Å². The second kappa shape index (κ2) is 12.8. The number of methoxy groups -OCH3 is 1. The molecule has 1 heterocycles. The van der Waals surface area contributed by atoms with Gasteiger partial charge in [0.1, 0.15) is 18.8 Å². The second-order valence-electron chi connectivity index (χ2n) is 10.5. The molecule has 3 atom stereocenters. The van der Waals surface area contributed by atoms with Crippen molar-refractivity contribution in [2.45, 2.75) is 70.7 Å². The minimum Gasteiger partial charge on any atom is -0.491 e. The highest BCUT2D eigenvalue weighted by Crippen LogP contribution is 2.30. The van der Waals surface area contributed by atoms with Crippen molar-refractivity contribution in [3.8, 4) is 5.75 Å². The maximum absolute atomic E-state index is 13.6. The van der Waals surface area contributed by atoms with Gasteiger partial charge in [0.15, 0.2) is 0 Å². The van der Waals surface area contributed by atoms with E-state index < -0.39 is 18.5 Å². The molecular weight excluding hydrogens is 503 g/mol. The van der Waals surface area contributed by atoms with Crippen LogP contribution in [0.1, 0.15) is 62.7 Å². The number of benzene rings is 1. The van der Waals surface area contributed by atoms with E-state index >= 15 is 0 Å². The van der Waals surface area contributed by atoms with Crippen molar-refractivity contribution < 1.29 is 37.0 Å². The van der Waals surface area contributed by atoms with Crippen molar-refractivity contribution in [3.05, 3.63) is 23.8 Å². The van der Waals surface area contributed by atoms with Gasteiger partial charge in [0.25, 0.3) is 5.91 Å². The number of amides is 3. The van der Waals surface area contributed by atoms with E-state index in [-0.39, 0.29) is 65.9 Å². The Morgan fingerprint density at radius 3 is 2.45 bits per heavy atom. The predicted molar refractivity (Wildman–Crippen MR) is 136 cm³/mol. The maximum atomic E-state index is 13.6. The van der Waals surface area contributed by atoms with E-state index in [2.05, 4.69) is 5.32 Å². The molecule has 3 amide bonds. The fourth-order valence-corrected chi connectivity index (χ4v) is 5.13. The average Bonchev–Trinajstić information content (AvgIpc) is 2.86. The number of rotatable bonds is 4. The Balaban J connectivity index is 1.92. The molecule has 0 radical (unpaired) electrons. The monoisotopic (exact) mass is 541 g/mol. The summed E-state index contributed by atoms with van der Waals surface area (Å²) in [5.74, 6) is -1.48. The van der Waals surface area contributed by atoms with Crippen LogP contribution >= 0.6 is 0 Å². The molecule has 0 unspecified atom stereocenters. The minimum absolute atomic E-state index is 0.0423. The number of hydrogen-bond acceptors (Lipinski definition) is 5. The largest absolute Gasteiger partial charge is 0.491 e. The summed E-state index contributed by atoms with van der Waals surface area (Å²) in [6.45, 7) is 4.63. The Kier molecular flexibility index (Phi) is 10.0.